The monoisotopic (exact) mass is 621 g/mol. The fourth-order valence-electron chi connectivity index (χ4n) is 7.29. The molecular weight excluding hydrogens is 585 g/mol. The fraction of sp³-hybridized carbons (Fsp3) is 0.371. The van der Waals surface area contributed by atoms with E-state index in [1.54, 1.807) is 11.0 Å². The van der Waals surface area contributed by atoms with Crippen molar-refractivity contribution in [2.45, 2.75) is 51.0 Å². The molecule has 10 nitrogen and oxygen atoms in total. The molecule has 0 bridgehead atoms. The van der Waals surface area contributed by atoms with E-state index in [0.717, 1.165) is 66.6 Å². The number of nitrogens with zero attached hydrogens (tertiary/aromatic N) is 5. The zero-order valence-corrected chi connectivity index (χ0v) is 25.6. The number of aliphatic hydroxyl groups is 1. The highest BCUT2D eigenvalue weighted by Crippen LogP contribution is 2.43. The minimum absolute atomic E-state index is 0.0710. The highest BCUT2D eigenvalue weighted by molar-refractivity contribution is 6.09. The first-order chi connectivity index (χ1) is 22.4. The maximum atomic E-state index is 15.3. The van der Waals surface area contributed by atoms with Gasteiger partial charge in [-0.1, -0.05) is 24.3 Å². The van der Waals surface area contributed by atoms with Gasteiger partial charge in [0.2, 0.25) is 5.95 Å². The van der Waals surface area contributed by atoms with Crippen molar-refractivity contribution in [2.75, 3.05) is 43.4 Å². The van der Waals surface area contributed by atoms with Crippen LogP contribution < -0.4 is 10.6 Å². The average Bonchev–Trinajstić information content (AvgIpc) is 3.60. The Morgan fingerprint density at radius 2 is 1.87 bits per heavy atom. The van der Waals surface area contributed by atoms with Crippen molar-refractivity contribution < 1.29 is 19.1 Å². The minimum Gasteiger partial charge on any atom is -0.392 e. The van der Waals surface area contributed by atoms with Crippen molar-refractivity contribution in [3.63, 3.8) is 0 Å². The number of carbonyl (C=O) groups is 2. The van der Waals surface area contributed by atoms with Gasteiger partial charge in [-0.15, -0.1) is 0 Å². The Balaban J connectivity index is 1.12. The third-order valence-electron chi connectivity index (χ3n) is 9.87. The molecule has 5 heterocycles. The molecule has 3 amide bonds. The van der Waals surface area contributed by atoms with Crippen LogP contribution in [0.5, 0.6) is 0 Å². The van der Waals surface area contributed by atoms with Gasteiger partial charge in [-0.05, 0) is 79.3 Å². The van der Waals surface area contributed by atoms with Crippen LogP contribution in [0.2, 0.25) is 0 Å². The third-order valence-corrected chi connectivity index (χ3v) is 9.87. The predicted octanol–water partition coefficient (Wildman–Crippen LogP) is 5.22. The molecule has 4 aliphatic rings. The van der Waals surface area contributed by atoms with E-state index in [9.17, 15) is 14.7 Å². The van der Waals surface area contributed by atoms with Crippen molar-refractivity contribution in [3.8, 4) is 11.3 Å². The van der Waals surface area contributed by atoms with Crippen LogP contribution in [0.15, 0.2) is 42.5 Å². The van der Waals surface area contributed by atoms with Crippen molar-refractivity contribution in [3.05, 3.63) is 76.2 Å². The molecule has 4 N–H and O–H groups in total. The number of hydrogen-bond acceptors (Lipinski definition) is 6. The van der Waals surface area contributed by atoms with Crippen LogP contribution in [0.3, 0.4) is 0 Å². The summed E-state index contributed by atoms with van der Waals surface area (Å²) in [4.78, 5) is 44.5. The molecule has 11 heteroatoms. The molecule has 4 aromatic rings. The number of nitrogens with one attached hydrogen (secondary N) is 1. The normalized spacial score (nSPS) is 18.3. The number of nitrogens with two attached hydrogens (primary N) is 1. The highest BCUT2D eigenvalue weighted by Gasteiger charge is 2.33. The van der Waals surface area contributed by atoms with E-state index < -0.39 is 11.7 Å². The molecule has 0 spiro atoms. The van der Waals surface area contributed by atoms with E-state index in [4.69, 9.17) is 5.73 Å². The molecule has 1 saturated heterocycles. The number of aromatic amines is 1. The number of hydrogen-bond donors (Lipinski definition) is 3. The second-order valence-corrected chi connectivity index (χ2v) is 12.8. The summed E-state index contributed by atoms with van der Waals surface area (Å²) < 4.78 is 15.3. The number of amides is 3. The zero-order valence-electron chi connectivity index (χ0n) is 25.6. The van der Waals surface area contributed by atoms with Crippen LogP contribution in [0.4, 0.5) is 20.8 Å². The highest BCUT2D eigenvalue weighted by atomic mass is 19.1. The lowest BCUT2D eigenvalue weighted by Gasteiger charge is -2.31. The summed E-state index contributed by atoms with van der Waals surface area (Å²) in [5.74, 6) is -0.432. The van der Waals surface area contributed by atoms with E-state index in [1.165, 1.54) is 6.07 Å². The Morgan fingerprint density at radius 3 is 2.61 bits per heavy atom. The Bertz CT molecular complexity index is 1920. The van der Waals surface area contributed by atoms with Gasteiger partial charge in [-0.2, -0.15) is 4.98 Å². The molecule has 1 aliphatic carbocycles. The van der Waals surface area contributed by atoms with Gasteiger partial charge in [0.15, 0.2) is 0 Å². The Labute approximate surface area is 265 Å². The summed E-state index contributed by atoms with van der Waals surface area (Å²) in [5.41, 5.74) is 12.7. The van der Waals surface area contributed by atoms with Crippen LogP contribution >= 0.6 is 0 Å². The molecule has 2 aromatic carbocycles. The first-order valence-electron chi connectivity index (χ1n) is 16.2. The van der Waals surface area contributed by atoms with Crippen molar-refractivity contribution in [1.29, 1.82) is 0 Å². The van der Waals surface area contributed by atoms with Gasteiger partial charge in [0.05, 0.1) is 23.6 Å². The SMILES string of the molecule is Nc1nc(-c2cccc(N3CCc4cc(C5CC5)cc(F)c4C3=O)c2CO)c2cc(C3=CCN(C(=O)N4CCCC4)CC3)[nH]c2n1. The van der Waals surface area contributed by atoms with Gasteiger partial charge in [-0.3, -0.25) is 4.79 Å². The average molecular weight is 622 g/mol. The van der Waals surface area contributed by atoms with Crippen LogP contribution in [0.25, 0.3) is 27.9 Å². The second-order valence-electron chi connectivity index (χ2n) is 12.8. The van der Waals surface area contributed by atoms with Crippen molar-refractivity contribution >= 4 is 40.2 Å². The van der Waals surface area contributed by atoms with E-state index in [1.807, 2.05) is 34.1 Å². The maximum Gasteiger partial charge on any atom is 0.320 e. The third kappa shape index (κ3) is 4.89. The lowest BCUT2D eigenvalue weighted by atomic mass is 9.93. The molecule has 1 saturated carbocycles. The van der Waals surface area contributed by atoms with E-state index in [2.05, 4.69) is 21.0 Å². The van der Waals surface area contributed by atoms with Gasteiger partial charge >= 0.3 is 6.03 Å². The number of carbonyl (C=O) groups excluding carboxylic acids is 2. The minimum atomic E-state index is -0.485. The lowest BCUT2D eigenvalue weighted by molar-refractivity contribution is 0.0976. The summed E-state index contributed by atoms with van der Waals surface area (Å²) >= 11 is 0. The predicted molar refractivity (Wildman–Crippen MR) is 174 cm³/mol. The number of aliphatic hydroxyl groups excluding tert-OH is 1. The van der Waals surface area contributed by atoms with Gasteiger partial charge in [0, 0.05) is 54.9 Å². The molecule has 0 atom stereocenters. The standard InChI is InChI=1S/C35H36FN7O3/c36-27-17-23(20-6-7-20)16-22-10-15-43(33(45)30(22)27)29-5-3-4-24(26(29)19-44)31-25-18-28(38-32(25)40-34(37)39-31)21-8-13-42(14-9-21)35(46)41-11-1-2-12-41/h3-5,8,16-18,20,44H,1-2,6-7,9-15,19H2,(H3,37,38,39,40). The summed E-state index contributed by atoms with van der Waals surface area (Å²) in [7, 11) is 0. The van der Waals surface area contributed by atoms with E-state index >= 15 is 4.39 Å². The number of anilines is 2. The summed E-state index contributed by atoms with van der Waals surface area (Å²) in [6, 6.07) is 11.0. The molecule has 2 aromatic heterocycles. The molecule has 0 unspecified atom stereocenters. The van der Waals surface area contributed by atoms with Gasteiger partial charge in [-0.25, -0.2) is 14.2 Å². The molecule has 2 fully saturated rings. The van der Waals surface area contributed by atoms with Crippen molar-refractivity contribution in [2.24, 2.45) is 0 Å². The van der Waals surface area contributed by atoms with Crippen LogP contribution in [0, 0.1) is 5.82 Å². The van der Waals surface area contributed by atoms with Crippen LogP contribution in [-0.4, -0.2) is 74.5 Å². The largest absolute Gasteiger partial charge is 0.392 e. The molecule has 0 radical (unpaired) electrons. The number of H-pyrrole nitrogens is 1. The first-order valence-corrected chi connectivity index (χ1v) is 16.2. The lowest BCUT2D eigenvalue weighted by Crippen LogP contribution is -2.43. The van der Waals surface area contributed by atoms with Gasteiger partial charge < -0.3 is 30.5 Å². The molecule has 3 aliphatic heterocycles. The van der Waals surface area contributed by atoms with Gasteiger partial charge in [0.1, 0.15) is 11.5 Å². The summed E-state index contributed by atoms with van der Waals surface area (Å²) in [6.07, 6.45) is 7.53. The quantitative estimate of drug-likeness (QED) is 0.280. The number of urea groups is 1. The zero-order chi connectivity index (χ0) is 31.5. The second kappa shape index (κ2) is 11.2. The number of benzene rings is 2. The number of likely N-dealkylation sites (tertiary alicyclic amines) is 1. The summed E-state index contributed by atoms with van der Waals surface area (Å²) in [5, 5.41) is 11.4. The van der Waals surface area contributed by atoms with E-state index in [-0.39, 0.29) is 24.1 Å². The molecule has 46 heavy (non-hydrogen) atoms. The first kappa shape index (κ1) is 28.7. The Kier molecular flexibility index (Phi) is 7.01. The van der Waals surface area contributed by atoms with Crippen molar-refractivity contribution in [1.82, 2.24) is 24.8 Å². The molecular formula is C35H36FN7O3. The van der Waals surface area contributed by atoms with Crippen LogP contribution in [0.1, 0.15) is 70.8 Å². The number of rotatable bonds is 5. The Hall–Kier alpha value is -4.77. The smallest absolute Gasteiger partial charge is 0.320 e. The molecule has 8 rings (SSSR count). The topological polar surface area (TPSA) is 132 Å². The fourth-order valence-corrected chi connectivity index (χ4v) is 7.29. The van der Waals surface area contributed by atoms with Gasteiger partial charge in [0.25, 0.3) is 5.91 Å². The number of fused-ring (bicyclic) bond motifs is 2. The molecule has 236 valence electrons. The summed E-state index contributed by atoms with van der Waals surface area (Å²) in [6.45, 7) is 2.82. The number of halogens is 1. The van der Waals surface area contributed by atoms with Crippen LogP contribution in [-0.2, 0) is 13.0 Å². The number of aromatic nitrogens is 3. The number of nitrogen functional groups attached to an aromatic ring is 1. The van der Waals surface area contributed by atoms with E-state index in [0.29, 0.717) is 66.5 Å². The Morgan fingerprint density at radius 1 is 1.04 bits per heavy atom. The maximum absolute atomic E-state index is 15.3.